The Bertz CT molecular complexity index is 1180. The third-order valence-electron chi connectivity index (χ3n) is 5.25. The summed E-state index contributed by atoms with van der Waals surface area (Å²) < 4.78 is 77.1. The fraction of sp³-hybridized carbons (Fsp3) is 0.273. The zero-order valence-corrected chi connectivity index (χ0v) is 16.8. The number of halogens is 5. The van der Waals surface area contributed by atoms with Gasteiger partial charge in [-0.2, -0.15) is 8.78 Å². The zero-order valence-electron chi connectivity index (χ0n) is 16.8. The minimum atomic E-state index is -2.31. The van der Waals surface area contributed by atoms with Crippen LogP contribution >= 0.6 is 0 Å². The second-order valence-corrected chi connectivity index (χ2v) is 7.41. The molecule has 2 aromatic carbocycles. The van der Waals surface area contributed by atoms with E-state index in [1.807, 2.05) is 6.07 Å². The third kappa shape index (κ3) is 3.92. The molecule has 0 saturated carbocycles. The molecular weight excluding hydrogens is 435 g/mol. The lowest BCUT2D eigenvalue weighted by atomic mass is 9.93. The minimum Gasteiger partial charge on any atom is -0.477 e. The summed E-state index contributed by atoms with van der Waals surface area (Å²) in [6, 6.07) is 5.21. The number of fused-ring (bicyclic) bond motifs is 1. The van der Waals surface area contributed by atoms with Gasteiger partial charge in [0.1, 0.15) is 0 Å². The standard InChI is InChI=1S/C22H17F5N2O3/c1-10-6-7-11(21-12-4-2-3-5-13(12)29-32-21)8-14(10)28-15(30)9-31-22-19(26)17(24)16(23)18(25)20(22)27/h6-8H,2-5,9H2,1H3,(H,28,30). The van der Waals surface area contributed by atoms with E-state index in [0.717, 1.165) is 36.9 Å². The van der Waals surface area contributed by atoms with Crippen molar-refractivity contribution in [1.82, 2.24) is 5.16 Å². The van der Waals surface area contributed by atoms with Crippen LogP contribution in [-0.2, 0) is 17.6 Å². The number of carbonyl (C=O) groups excluding carboxylic acids is 1. The first-order chi connectivity index (χ1) is 15.3. The van der Waals surface area contributed by atoms with E-state index < -0.39 is 47.3 Å². The largest absolute Gasteiger partial charge is 0.477 e. The van der Waals surface area contributed by atoms with Crippen molar-refractivity contribution in [2.75, 3.05) is 11.9 Å². The molecule has 0 radical (unpaired) electrons. The average Bonchev–Trinajstić information content (AvgIpc) is 3.22. The fourth-order valence-electron chi connectivity index (χ4n) is 3.55. The molecule has 10 heteroatoms. The van der Waals surface area contributed by atoms with Crippen LogP contribution in [0.15, 0.2) is 22.7 Å². The van der Waals surface area contributed by atoms with Crippen molar-refractivity contribution in [1.29, 1.82) is 0 Å². The molecule has 4 rings (SSSR count). The number of nitrogens with zero attached hydrogens (tertiary/aromatic N) is 1. The number of aromatic nitrogens is 1. The van der Waals surface area contributed by atoms with Crippen LogP contribution in [0.1, 0.15) is 29.7 Å². The van der Waals surface area contributed by atoms with Crippen LogP contribution in [-0.4, -0.2) is 17.7 Å². The molecule has 168 valence electrons. The first-order valence-corrected chi connectivity index (χ1v) is 9.80. The normalized spacial score (nSPS) is 13.1. The molecular formula is C22H17F5N2O3. The average molecular weight is 452 g/mol. The fourth-order valence-corrected chi connectivity index (χ4v) is 3.55. The molecule has 1 heterocycles. The summed E-state index contributed by atoms with van der Waals surface area (Å²) in [6.07, 6.45) is 3.73. The van der Waals surface area contributed by atoms with Crippen LogP contribution < -0.4 is 10.1 Å². The van der Waals surface area contributed by atoms with E-state index in [4.69, 9.17) is 4.52 Å². The van der Waals surface area contributed by atoms with E-state index >= 15 is 0 Å². The first kappa shape index (κ1) is 21.8. The molecule has 32 heavy (non-hydrogen) atoms. The molecule has 5 nitrogen and oxygen atoms in total. The number of benzene rings is 2. The Labute approximate surface area is 179 Å². The number of ether oxygens (including phenoxy) is 1. The zero-order chi connectivity index (χ0) is 23.0. The van der Waals surface area contributed by atoms with Crippen LogP contribution in [0.25, 0.3) is 11.3 Å². The van der Waals surface area contributed by atoms with Gasteiger partial charge in [0, 0.05) is 16.8 Å². The van der Waals surface area contributed by atoms with E-state index in [2.05, 4.69) is 15.2 Å². The number of hydrogen-bond donors (Lipinski definition) is 1. The van der Waals surface area contributed by atoms with Crippen LogP contribution in [0.3, 0.4) is 0 Å². The Morgan fingerprint density at radius 3 is 2.41 bits per heavy atom. The number of aryl methyl sites for hydroxylation is 2. The summed E-state index contributed by atoms with van der Waals surface area (Å²) in [5.74, 6) is -12.7. The first-order valence-electron chi connectivity index (χ1n) is 9.80. The van der Waals surface area contributed by atoms with Gasteiger partial charge in [-0.25, -0.2) is 13.2 Å². The Balaban J connectivity index is 1.51. The van der Waals surface area contributed by atoms with E-state index in [9.17, 15) is 26.7 Å². The molecule has 1 aliphatic rings. The number of anilines is 1. The van der Waals surface area contributed by atoms with Crippen molar-refractivity contribution in [3.63, 3.8) is 0 Å². The molecule has 0 bridgehead atoms. The lowest BCUT2D eigenvalue weighted by molar-refractivity contribution is -0.118. The molecule has 1 aliphatic carbocycles. The number of amides is 1. The van der Waals surface area contributed by atoms with Gasteiger partial charge in [-0.05, 0) is 44.2 Å². The summed E-state index contributed by atoms with van der Waals surface area (Å²) in [6.45, 7) is 0.750. The lowest BCUT2D eigenvalue weighted by Gasteiger charge is -2.13. The summed E-state index contributed by atoms with van der Waals surface area (Å²) in [7, 11) is 0. The maximum Gasteiger partial charge on any atom is 0.262 e. The van der Waals surface area contributed by atoms with E-state index in [1.165, 1.54) is 0 Å². The molecule has 0 atom stereocenters. The predicted octanol–water partition coefficient (Wildman–Crippen LogP) is 5.24. The van der Waals surface area contributed by atoms with Crippen molar-refractivity contribution in [3.8, 4) is 17.1 Å². The second kappa shape index (κ2) is 8.60. The van der Waals surface area contributed by atoms with Crippen LogP contribution in [0.4, 0.5) is 27.6 Å². The number of rotatable bonds is 5. The predicted molar refractivity (Wildman–Crippen MR) is 104 cm³/mol. The van der Waals surface area contributed by atoms with Gasteiger partial charge >= 0.3 is 0 Å². The molecule has 1 amide bonds. The lowest BCUT2D eigenvalue weighted by Crippen LogP contribution is -2.22. The monoisotopic (exact) mass is 452 g/mol. The Morgan fingerprint density at radius 2 is 1.69 bits per heavy atom. The molecule has 3 aromatic rings. The highest BCUT2D eigenvalue weighted by Gasteiger charge is 2.27. The second-order valence-electron chi connectivity index (χ2n) is 7.41. The van der Waals surface area contributed by atoms with Crippen LogP contribution in [0, 0.1) is 36.0 Å². The molecule has 0 spiro atoms. The highest BCUT2D eigenvalue weighted by atomic mass is 19.2. The van der Waals surface area contributed by atoms with Gasteiger partial charge in [-0.1, -0.05) is 17.3 Å². The Morgan fingerprint density at radius 1 is 1.03 bits per heavy atom. The van der Waals surface area contributed by atoms with Crippen molar-refractivity contribution in [2.24, 2.45) is 0 Å². The quantitative estimate of drug-likeness (QED) is 0.327. The van der Waals surface area contributed by atoms with E-state index in [0.29, 0.717) is 22.6 Å². The van der Waals surface area contributed by atoms with Crippen molar-refractivity contribution in [3.05, 3.63) is 64.1 Å². The molecule has 1 N–H and O–H groups in total. The third-order valence-corrected chi connectivity index (χ3v) is 5.25. The molecule has 0 unspecified atom stereocenters. The van der Waals surface area contributed by atoms with Gasteiger partial charge in [-0.3, -0.25) is 4.79 Å². The van der Waals surface area contributed by atoms with E-state index in [1.54, 1.807) is 19.1 Å². The van der Waals surface area contributed by atoms with Crippen molar-refractivity contribution >= 4 is 11.6 Å². The minimum absolute atomic E-state index is 0.370. The highest BCUT2D eigenvalue weighted by Crippen LogP contribution is 2.34. The summed E-state index contributed by atoms with van der Waals surface area (Å²) in [5.41, 5.74) is 3.66. The SMILES string of the molecule is Cc1ccc(-c2onc3c2CCCC3)cc1NC(=O)COc1c(F)c(F)c(F)c(F)c1F. The molecule has 0 saturated heterocycles. The summed E-state index contributed by atoms with van der Waals surface area (Å²) in [4.78, 5) is 12.2. The number of carbonyl (C=O) groups is 1. The van der Waals surface area contributed by atoms with Crippen molar-refractivity contribution in [2.45, 2.75) is 32.6 Å². The van der Waals surface area contributed by atoms with Gasteiger partial charge in [0.15, 0.2) is 18.1 Å². The summed E-state index contributed by atoms with van der Waals surface area (Å²) >= 11 is 0. The highest BCUT2D eigenvalue weighted by molar-refractivity contribution is 5.93. The number of hydrogen-bond acceptors (Lipinski definition) is 4. The summed E-state index contributed by atoms with van der Waals surface area (Å²) in [5, 5.41) is 6.61. The van der Waals surface area contributed by atoms with Gasteiger partial charge in [0.2, 0.25) is 29.1 Å². The maximum atomic E-state index is 13.7. The molecule has 0 aliphatic heterocycles. The Hall–Kier alpha value is -3.43. The van der Waals surface area contributed by atoms with Crippen LogP contribution in [0.2, 0.25) is 0 Å². The van der Waals surface area contributed by atoms with Gasteiger partial charge in [0.05, 0.1) is 5.69 Å². The van der Waals surface area contributed by atoms with Crippen molar-refractivity contribution < 1.29 is 36.0 Å². The van der Waals surface area contributed by atoms with E-state index in [-0.39, 0.29) is 0 Å². The van der Waals surface area contributed by atoms with Gasteiger partial charge in [-0.15, -0.1) is 0 Å². The topological polar surface area (TPSA) is 64.4 Å². The number of nitrogens with one attached hydrogen (secondary N) is 1. The smallest absolute Gasteiger partial charge is 0.262 e. The van der Waals surface area contributed by atoms with Crippen LogP contribution in [0.5, 0.6) is 5.75 Å². The molecule has 0 fully saturated rings. The Kier molecular flexibility index (Phi) is 5.86. The maximum absolute atomic E-state index is 13.7. The molecule has 1 aromatic heterocycles. The van der Waals surface area contributed by atoms with Gasteiger partial charge in [0.25, 0.3) is 5.91 Å². The van der Waals surface area contributed by atoms with Gasteiger partial charge < -0.3 is 14.6 Å².